The number of nitrogens with one attached hydrogen (secondary N) is 2. The van der Waals surface area contributed by atoms with Crippen LogP contribution in [-0.4, -0.2) is 37.2 Å². The van der Waals surface area contributed by atoms with Crippen molar-refractivity contribution in [1.82, 2.24) is 15.6 Å². The molecule has 0 amide bonds. The Balaban J connectivity index is 1.88. The minimum Gasteiger partial charge on any atom is -0.497 e. The second kappa shape index (κ2) is 10.0. The zero-order valence-corrected chi connectivity index (χ0v) is 17.7. The highest BCUT2D eigenvalue weighted by atomic mass is 16.5. The lowest BCUT2D eigenvalue weighted by Gasteiger charge is -2.17. The van der Waals surface area contributed by atoms with Crippen molar-refractivity contribution in [1.29, 1.82) is 0 Å². The Kier molecular flexibility index (Phi) is 7.72. The average Bonchev–Trinajstić information content (AvgIpc) is 3.14. The molecule has 154 valence electrons. The number of hydrogen-bond acceptors (Lipinski definition) is 5. The smallest absolute Gasteiger partial charge is 0.216 e. The number of nitrogens with zero attached hydrogens (tertiary/aromatic N) is 2. The second-order valence-electron chi connectivity index (χ2n) is 7.55. The zero-order chi connectivity index (χ0) is 20.6. The average molecular weight is 389 g/mol. The van der Waals surface area contributed by atoms with Crippen LogP contribution in [0.2, 0.25) is 0 Å². The van der Waals surface area contributed by atoms with Crippen LogP contribution in [0.1, 0.15) is 46.3 Å². The Morgan fingerprint density at radius 1 is 1.18 bits per heavy atom. The molecule has 1 unspecified atom stereocenters. The van der Waals surface area contributed by atoms with Crippen LogP contribution >= 0.6 is 0 Å². The Morgan fingerprint density at radius 2 is 1.86 bits per heavy atom. The molecule has 0 aliphatic rings. The molecule has 0 saturated heterocycles. The molecule has 28 heavy (non-hydrogen) atoms. The third-order valence-corrected chi connectivity index (χ3v) is 3.96. The van der Waals surface area contributed by atoms with E-state index in [1.807, 2.05) is 38.1 Å². The second-order valence-corrected chi connectivity index (χ2v) is 7.55. The third kappa shape index (κ3) is 6.79. The monoisotopic (exact) mass is 388 g/mol. The summed E-state index contributed by atoms with van der Waals surface area (Å²) in [6.07, 6.45) is 1.74. The molecule has 0 spiro atoms. The zero-order valence-electron chi connectivity index (χ0n) is 17.7. The standard InChI is InChI=1S/C21H32N4O3/c1-7-22-20(25-14-19-23-13-18(28-19)21(3,4)5)24-12-15(2)27-17-10-8-16(26-6)9-11-17/h8-11,13,15H,7,12,14H2,1-6H3,(H2,22,24,25). The fraction of sp³-hybridized carbons (Fsp3) is 0.524. The van der Waals surface area contributed by atoms with Gasteiger partial charge in [-0.3, -0.25) is 0 Å². The van der Waals surface area contributed by atoms with Gasteiger partial charge in [0.25, 0.3) is 0 Å². The predicted octanol–water partition coefficient (Wildman–Crippen LogP) is 3.50. The lowest BCUT2D eigenvalue weighted by Crippen LogP contribution is -2.41. The molecule has 0 aliphatic carbocycles. The molecule has 2 aromatic rings. The lowest BCUT2D eigenvalue weighted by atomic mass is 9.94. The maximum Gasteiger partial charge on any atom is 0.216 e. The molecule has 1 aromatic heterocycles. The van der Waals surface area contributed by atoms with E-state index in [-0.39, 0.29) is 11.5 Å². The Morgan fingerprint density at radius 3 is 2.43 bits per heavy atom. The van der Waals surface area contributed by atoms with Gasteiger partial charge in [0.1, 0.15) is 29.9 Å². The SMILES string of the molecule is CCNC(=NCc1ncc(C(C)(C)C)o1)NCC(C)Oc1ccc(OC)cc1. The molecule has 2 N–H and O–H groups in total. The van der Waals surface area contributed by atoms with Crippen molar-refractivity contribution in [2.45, 2.75) is 52.7 Å². The van der Waals surface area contributed by atoms with E-state index in [1.54, 1.807) is 13.3 Å². The lowest BCUT2D eigenvalue weighted by molar-refractivity contribution is 0.223. The van der Waals surface area contributed by atoms with Crippen molar-refractivity contribution in [3.8, 4) is 11.5 Å². The van der Waals surface area contributed by atoms with E-state index in [4.69, 9.17) is 13.9 Å². The van der Waals surface area contributed by atoms with Crippen LogP contribution in [0.25, 0.3) is 0 Å². The first-order valence-corrected chi connectivity index (χ1v) is 9.60. The number of methoxy groups -OCH3 is 1. The van der Waals surface area contributed by atoms with Crippen LogP contribution in [0.3, 0.4) is 0 Å². The van der Waals surface area contributed by atoms with Crippen LogP contribution in [0.4, 0.5) is 0 Å². The number of ether oxygens (including phenoxy) is 2. The highest BCUT2D eigenvalue weighted by Gasteiger charge is 2.19. The van der Waals surface area contributed by atoms with Gasteiger partial charge >= 0.3 is 0 Å². The van der Waals surface area contributed by atoms with Crippen LogP contribution in [-0.2, 0) is 12.0 Å². The predicted molar refractivity (Wildman–Crippen MR) is 111 cm³/mol. The minimum atomic E-state index is -0.0636. The number of benzene rings is 1. The highest BCUT2D eigenvalue weighted by molar-refractivity contribution is 5.79. The first-order valence-electron chi connectivity index (χ1n) is 9.60. The fourth-order valence-corrected chi connectivity index (χ4v) is 2.39. The maximum atomic E-state index is 5.91. The Bertz CT molecular complexity index is 748. The maximum absolute atomic E-state index is 5.91. The number of guanidine groups is 1. The first-order chi connectivity index (χ1) is 13.3. The molecule has 0 saturated carbocycles. The molecule has 0 fully saturated rings. The van der Waals surface area contributed by atoms with E-state index in [0.29, 0.717) is 24.9 Å². The van der Waals surface area contributed by atoms with Gasteiger partial charge in [0.05, 0.1) is 19.9 Å². The minimum absolute atomic E-state index is 0.0357. The summed E-state index contributed by atoms with van der Waals surface area (Å²) in [7, 11) is 1.65. The van der Waals surface area contributed by atoms with Gasteiger partial charge in [-0.2, -0.15) is 0 Å². The quantitative estimate of drug-likeness (QED) is 0.532. The Labute approximate surface area is 167 Å². The summed E-state index contributed by atoms with van der Waals surface area (Å²) in [5, 5.41) is 6.51. The molecule has 0 aliphatic heterocycles. The summed E-state index contributed by atoms with van der Waals surface area (Å²) in [6.45, 7) is 12.1. The van der Waals surface area contributed by atoms with Gasteiger partial charge in [0.15, 0.2) is 5.96 Å². The van der Waals surface area contributed by atoms with Gasteiger partial charge in [0, 0.05) is 12.0 Å². The molecular formula is C21H32N4O3. The van der Waals surface area contributed by atoms with E-state index in [0.717, 1.165) is 23.8 Å². The third-order valence-electron chi connectivity index (χ3n) is 3.96. The number of aromatic nitrogens is 1. The van der Waals surface area contributed by atoms with Crippen molar-refractivity contribution < 1.29 is 13.9 Å². The number of hydrogen-bond donors (Lipinski definition) is 2. The van der Waals surface area contributed by atoms with E-state index in [9.17, 15) is 0 Å². The molecule has 1 atom stereocenters. The van der Waals surface area contributed by atoms with Crippen molar-refractivity contribution in [2.75, 3.05) is 20.2 Å². The van der Waals surface area contributed by atoms with Gasteiger partial charge in [0.2, 0.25) is 5.89 Å². The molecule has 2 rings (SSSR count). The van der Waals surface area contributed by atoms with E-state index >= 15 is 0 Å². The normalized spacial score (nSPS) is 13.1. The van der Waals surface area contributed by atoms with Crippen LogP contribution in [0, 0.1) is 0 Å². The van der Waals surface area contributed by atoms with Gasteiger partial charge < -0.3 is 24.5 Å². The molecule has 7 nitrogen and oxygen atoms in total. The van der Waals surface area contributed by atoms with E-state index in [1.165, 1.54) is 0 Å². The highest BCUT2D eigenvalue weighted by Crippen LogP contribution is 2.22. The van der Waals surface area contributed by atoms with Gasteiger partial charge in [-0.05, 0) is 38.1 Å². The van der Waals surface area contributed by atoms with Crippen LogP contribution in [0.5, 0.6) is 11.5 Å². The van der Waals surface area contributed by atoms with Gasteiger partial charge in [-0.25, -0.2) is 9.98 Å². The number of rotatable bonds is 8. The molecule has 0 bridgehead atoms. The summed E-state index contributed by atoms with van der Waals surface area (Å²) < 4.78 is 16.9. The largest absolute Gasteiger partial charge is 0.497 e. The van der Waals surface area contributed by atoms with E-state index in [2.05, 4.69) is 41.4 Å². The molecular weight excluding hydrogens is 356 g/mol. The van der Waals surface area contributed by atoms with Gasteiger partial charge in [-0.15, -0.1) is 0 Å². The fourth-order valence-electron chi connectivity index (χ4n) is 2.39. The summed E-state index contributed by atoms with van der Waals surface area (Å²) in [6, 6.07) is 7.54. The van der Waals surface area contributed by atoms with Crippen molar-refractivity contribution >= 4 is 5.96 Å². The Hall–Kier alpha value is -2.70. The van der Waals surface area contributed by atoms with Crippen LogP contribution in [0.15, 0.2) is 39.9 Å². The molecule has 7 heteroatoms. The van der Waals surface area contributed by atoms with Crippen molar-refractivity contribution in [3.63, 3.8) is 0 Å². The first kappa shape index (κ1) is 21.6. The summed E-state index contributed by atoms with van der Waals surface area (Å²) in [5.41, 5.74) is -0.0636. The van der Waals surface area contributed by atoms with E-state index < -0.39 is 0 Å². The number of aliphatic imine (C=N–C) groups is 1. The number of oxazole rings is 1. The topological polar surface area (TPSA) is 80.9 Å². The van der Waals surface area contributed by atoms with Gasteiger partial charge in [-0.1, -0.05) is 20.8 Å². The summed E-state index contributed by atoms with van der Waals surface area (Å²) in [4.78, 5) is 8.86. The molecule has 0 radical (unpaired) electrons. The molecule has 1 heterocycles. The van der Waals surface area contributed by atoms with Crippen molar-refractivity contribution in [3.05, 3.63) is 42.1 Å². The molecule has 1 aromatic carbocycles. The van der Waals surface area contributed by atoms with Crippen LogP contribution < -0.4 is 20.1 Å². The summed E-state index contributed by atoms with van der Waals surface area (Å²) in [5.74, 6) is 3.76. The summed E-state index contributed by atoms with van der Waals surface area (Å²) >= 11 is 0. The van der Waals surface area contributed by atoms with Crippen molar-refractivity contribution in [2.24, 2.45) is 4.99 Å².